The van der Waals surface area contributed by atoms with E-state index in [2.05, 4.69) is 10.3 Å². The van der Waals surface area contributed by atoms with Gasteiger partial charge in [-0.3, -0.25) is 9.59 Å². The Labute approximate surface area is 121 Å². The predicted molar refractivity (Wildman–Crippen MR) is 79.1 cm³/mol. The number of benzene rings is 1. The SMILES string of the molecule is Cc1cc(=O)c(C(=O)NC(C)c2ccccc2Cl)c[nH]1. The van der Waals surface area contributed by atoms with Gasteiger partial charge >= 0.3 is 0 Å². The molecule has 1 aromatic carbocycles. The van der Waals surface area contributed by atoms with Crippen LogP contribution in [0.1, 0.15) is 34.6 Å². The van der Waals surface area contributed by atoms with Crippen LogP contribution in [0.5, 0.6) is 0 Å². The maximum Gasteiger partial charge on any atom is 0.257 e. The molecule has 0 bridgehead atoms. The highest BCUT2D eigenvalue weighted by Gasteiger charge is 2.15. The Hall–Kier alpha value is -2.07. The molecule has 0 aliphatic heterocycles. The molecule has 2 rings (SSSR count). The van der Waals surface area contributed by atoms with E-state index in [0.717, 1.165) is 5.56 Å². The van der Waals surface area contributed by atoms with Crippen molar-refractivity contribution in [2.45, 2.75) is 19.9 Å². The van der Waals surface area contributed by atoms with Gasteiger partial charge < -0.3 is 10.3 Å². The number of pyridine rings is 1. The van der Waals surface area contributed by atoms with Crippen LogP contribution in [0.25, 0.3) is 0 Å². The molecule has 20 heavy (non-hydrogen) atoms. The fourth-order valence-corrected chi connectivity index (χ4v) is 2.23. The number of aryl methyl sites for hydroxylation is 1. The quantitative estimate of drug-likeness (QED) is 0.913. The number of H-pyrrole nitrogens is 1. The average molecular weight is 291 g/mol. The number of rotatable bonds is 3. The van der Waals surface area contributed by atoms with Gasteiger partial charge in [-0.2, -0.15) is 0 Å². The van der Waals surface area contributed by atoms with Crippen LogP contribution in [0.3, 0.4) is 0 Å². The van der Waals surface area contributed by atoms with Crippen molar-refractivity contribution >= 4 is 17.5 Å². The highest BCUT2D eigenvalue weighted by atomic mass is 35.5. The maximum absolute atomic E-state index is 12.1. The Balaban J connectivity index is 2.20. The standard InChI is InChI=1S/C15H15ClN2O2/c1-9-7-14(19)12(8-17-9)15(20)18-10(2)11-5-3-4-6-13(11)16/h3-8,10H,1-2H3,(H,17,19)(H,18,20). The van der Waals surface area contributed by atoms with Crippen LogP contribution in [0.15, 0.2) is 41.3 Å². The topological polar surface area (TPSA) is 62.0 Å². The molecule has 0 saturated heterocycles. The van der Waals surface area contributed by atoms with Crippen molar-refractivity contribution in [3.63, 3.8) is 0 Å². The molecule has 2 aromatic rings. The number of nitrogens with one attached hydrogen (secondary N) is 2. The molecule has 0 aliphatic rings. The number of hydrogen-bond acceptors (Lipinski definition) is 2. The van der Waals surface area contributed by atoms with Crippen LogP contribution < -0.4 is 10.7 Å². The van der Waals surface area contributed by atoms with E-state index in [9.17, 15) is 9.59 Å². The minimum absolute atomic E-state index is 0.0921. The van der Waals surface area contributed by atoms with E-state index in [1.165, 1.54) is 12.3 Å². The molecule has 0 fully saturated rings. The monoisotopic (exact) mass is 290 g/mol. The first kappa shape index (κ1) is 14.3. The number of halogens is 1. The summed E-state index contributed by atoms with van der Waals surface area (Å²) in [6.07, 6.45) is 1.42. The Kier molecular flexibility index (Phi) is 4.25. The first-order valence-corrected chi connectivity index (χ1v) is 6.61. The molecule has 1 heterocycles. The lowest BCUT2D eigenvalue weighted by Gasteiger charge is -2.15. The molecule has 0 aliphatic carbocycles. The van der Waals surface area contributed by atoms with Crippen LogP contribution in [-0.2, 0) is 0 Å². The number of amides is 1. The van der Waals surface area contributed by atoms with Gasteiger partial charge in [-0.05, 0) is 25.5 Å². The van der Waals surface area contributed by atoms with Crippen molar-refractivity contribution < 1.29 is 4.79 Å². The highest BCUT2D eigenvalue weighted by Crippen LogP contribution is 2.22. The van der Waals surface area contributed by atoms with Crippen LogP contribution in [0, 0.1) is 6.92 Å². The Morgan fingerprint density at radius 3 is 2.70 bits per heavy atom. The zero-order chi connectivity index (χ0) is 14.7. The second-order valence-electron chi connectivity index (χ2n) is 4.61. The van der Waals surface area contributed by atoms with Crippen molar-refractivity contribution in [2.75, 3.05) is 0 Å². The lowest BCUT2D eigenvalue weighted by molar-refractivity contribution is 0.0938. The minimum atomic E-state index is -0.418. The minimum Gasteiger partial charge on any atom is -0.364 e. The summed E-state index contributed by atoms with van der Waals surface area (Å²) in [5.74, 6) is -0.418. The molecule has 4 nitrogen and oxygen atoms in total. The number of carbonyl (C=O) groups excluding carboxylic acids is 1. The first-order chi connectivity index (χ1) is 9.49. The lowest BCUT2D eigenvalue weighted by atomic mass is 10.1. The zero-order valence-corrected chi connectivity index (χ0v) is 12.0. The molecule has 1 atom stereocenters. The van der Waals surface area contributed by atoms with E-state index in [1.807, 2.05) is 25.1 Å². The zero-order valence-electron chi connectivity index (χ0n) is 11.2. The van der Waals surface area contributed by atoms with E-state index in [4.69, 9.17) is 11.6 Å². The third-order valence-electron chi connectivity index (χ3n) is 3.02. The molecular weight excluding hydrogens is 276 g/mol. The number of aromatic amines is 1. The molecule has 0 saturated carbocycles. The summed E-state index contributed by atoms with van der Waals surface area (Å²) in [7, 11) is 0. The molecule has 1 unspecified atom stereocenters. The maximum atomic E-state index is 12.1. The van der Waals surface area contributed by atoms with Crippen molar-refractivity contribution in [1.82, 2.24) is 10.3 Å². The summed E-state index contributed by atoms with van der Waals surface area (Å²) in [6.45, 7) is 3.58. The molecule has 1 amide bonds. The first-order valence-electron chi connectivity index (χ1n) is 6.23. The third-order valence-corrected chi connectivity index (χ3v) is 3.37. The van der Waals surface area contributed by atoms with E-state index in [0.29, 0.717) is 10.7 Å². The molecule has 0 spiro atoms. The normalized spacial score (nSPS) is 11.9. The Morgan fingerprint density at radius 2 is 2.05 bits per heavy atom. The van der Waals surface area contributed by atoms with Crippen LogP contribution >= 0.6 is 11.6 Å². The van der Waals surface area contributed by atoms with Crippen LogP contribution in [0.2, 0.25) is 5.02 Å². The summed E-state index contributed by atoms with van der Waals surface area (Å²) in [4.78, 5) is 26.7. The Bertz CT molecular complexity index is 694. The summed E-state index contributed by atoms with van der Waals surface area (Å²) in [6, 6.07) is 8.39. The fraction of sp³-hybridized carbons (Fsp3) is 0.200. The number of carbonyl (C=O) groups is 1. The molecule has 5 heteroatoms. The van der Waals surface area contributed by atoms with Gasteiger partial charge in [-0.15, -0.1) is 0 Å². The van der Waals surface area contributed by atoms with Crippen LogP contribution in [-0.4, -0.2) is 10.9 Å². The second kappa shape index (κ2) is 5.92. The van der Waals surface area contributed by atoms with Crippen LogP contribution in [0.4, 0.5) is 0 Å². The number of aromatic nitrogens is 1. The fourth-order valence-electron chi connectivity index (χ4n) is 1.93. The van der Waals surface area contributed by atoms with E-state index in [-0.39, 0.29) is 17.0 Å². The third kappa shape index (κ3) is 3.08. The summed E-state index contributed by atoms with van der Waals surface area (Å²) in [5, 5.41) is 3.35. The van der Waals surface area contributed by atoms with Gasteiger partial charge in [0.15, 0.2) is 5.43 Å². The lowest BCUT2D eigenvalue weighted by Crippen LogP contribution is -2.31. The van der Waals surface area contributed by atoms with Crippen molar-refractivity contribution in [3.8, 4) is 0 Å². The molecule has 0 radical (unpaired) electrons. The smallest absolute Gasteiger partial charge is 0.257 e. The summed E-state index contributed by atoms with van der Waals surface area (Å²) in [5.41, 5.74) is 1.32. The van der Waals surface area contributed by atoms with Gasteiger partial charge in [0.05, 0.1) is 6.04 Å². The van der Waals surface area contributed by atoms with Gasteiger partial charge in [-0.1, -0.05) is 29.8 Å². The van der Waals surface area contributed by atoms with Gasteiger partial charge in [0, 0.05) is 23.0 Å². The van der Waals surface area contributed by atoms with Crippen molar-refractivity contribution in [3.05, 3.63) is 68.6 Å². The molecule has 2 N–H and O–H groups in total. The summed E-state index contributed by atoms with van der Waals surface area (Å²) < 4.78 is 0. The van der Waals surface area contributed by atoms with Gasteiger partial charge in [-0.25, -0.2) is 0 Å². The van der Waals surface area contributed by atoms with E-state index >= 15 is 0 Å². The van der Waals surface area contributed by atoms with E-state index in [1.54, 1.807) is 13.0 Å². The highest BCUT2D eigenvalue weighted by molar-refractivity contribution is 6.31. The summed E-state index contributed by atoms with van der Waals surface area (Å²) >= 11 is 6.08. The van der Waals surface area contributed by atoms with Gasteiger partial charge in [0.25, 0.3) is 5.91 Å². The van der Waals surface area contributed by atoms with Crippen molar-refractivity contribution in [1.29, 1.82) is 0 Å². The van der Waals surface area contributed by atoms with E-state index < -0.39 is 5.91 Å². The largest absolute Gasteiger partial charge is 0.364 e. The molecular formula is C15H15ClN2O2. The van der Waals surface area contributed by atoms with Gasteiger partial charge in [0.1, 0.15) is 5.56 Å². The molecule has 104 valence electrons. The second-order valence-corrected chi connectivity index (χ2v) is 5.02. The molecule has 1 aromatic heterocycles. The average Bonchev–Trinajstić information content (AvgIpc) is 2.38. The predicted octanol–water partition coefficient (Wildman–Crippen LogP) is 2.83. The van der Waals surface area contributed by atoms with Gasteiger partial charge in [0.2, 0.25) is 0 Å². The number of hydrogen-bond donors (Lipinski definition) is 2. The van der Waals surface area contributed by atoms with Crippen molar-refractivity contribution in [2.24, 2.45) is 0 Å². The Morgan fingerprint density at radius 1 is 1.35 bits per heavy atom.